The molecule has 1 saturated heterocycles. The first-order valence-electron chi connectivity index (χ1n) is 10.8. The minimum absolute atomic E-state index is 0.130. The Kier molecular flexibility index (Phi) is 5.45. The normalized spacial score (nSPS) is 19.8. The molecule has 1 unspecified atom stereocenters. The molecule has 32 heavy (non-hydrogen) atoms. The van der Waals surface area contributed by atoms with Gasteiger partial charge < -0.3 is 24.3 Å². The number of carbonyl (C=O) groups is 2. The van der Waals surface area contributed by atoms with Crippen molar-refractivity contribution in [2.75, 3.05) is 31.9 Å². The fourth-order valence-electron chi connectivity index (χ4n) is 4.12. The zero-order valence-corrected chi connectivity index (χ0v) is 17.8. The van der Waals surface area contributed by atoms with Gasteiger partial charge in [-0.15, -0.1) is 0 Å². The number of hydrogen-bond acceptors (Lipinski definition) is 7. The van der Waals surface area contributed by atoms with Gasteiger partial charge in [0.1, 0.15) is 11.4 Å². The van der Waals surface area contributed by atoms with Crippen molar-refractivity contribution in [3.63, 3.8) is 0 Å². The van der Waals surface area contributed by atoms with Crippen LogP contribution in [0.4, 0.5) is 5.69 Å². The van der Waals surface area contributed by atoms with Gasteiger partial charge >= 0.3 is 0 Å². The van der Waals surface area contributed by atoms with E-state index in [2.05, 4.69) is 5.32 Å². The fourth-order valence-corrected chi connectivity index (χ4v) is 4.12. The van der Waals surface area contributed by atoms with Gasteiger partial charge in [0.15, 0.2) is 11.5 Å². The van der Waals surface area contributed by atoms with E-state index in [1.54, 1.807) is 42.5 Å². The van der Waals surface area contributed by atoms with Gasteiger partial charge in [-0.2, -0.15) is 0 Å². The molecule has 2 aromatic rings. The number of nitrogens with one attached hydrogen (secondary N) is 1. The quantitative estimate of drug-likeness (QED) is 0.667. The molecule has 0 bridgehead atoms. The Morgan fingerprint density at radius 2 is 1.88 bits per heavy atom. The van der Waals surface area contributed by atoms with E-state index < -0.39 is 0 Å². The fraction of sp³-hybridized carbons (Fsp3) is 0.333. The summed E-state index contributed by atoms with van der Waals surface area (Å²) in [6.45, 7) is 3.51. The largest absolute Gasteiger partial charge is 0.494 e. The lowest BCUT2D eigenvalue weighted by molar-refractivity contribution is -0.138. The third-order valence-corrected chi connectivity index (χ3v) is 5.67. The third-order valence-electron chi connectivity index (χ3n) is 5.67. The summed E-state index contributed by atoms with van der Waals surface area (Å²) in [6.07, 6.45) is 1.64. The van der Waals surface area contributed by atoms with E-state index in [1.165, 1.54) is 4.90 Å². The second-order valence-electron chi connectivity index (χ2n) is 7.76. The average molecular weight is 436 g/mol. The second-order valence-corrected chi connectivity index (χ2v) is 7.76. The number of fused-ring (bicyclic) bond motifs is 1. The molecule has 2 amide bonds. The number of anilines is 1. The monoisotopic (exact) mass is 436 g/mol. The van der Waals surface area contributed by atoms with Crippen LogP contribution in [0.25, 0.3) is 5.57 Å². The van der Waals surface area contributed by atoms with Crippen molar-refractivity contribution in [2.24, 2.45) is 0 Å². The number of hydrogen-bond donors (Lipinski definition) is 1. The summed E-state index contributed by atoms with van der Waals surface area (Å²) in [7, 11) is 0. The Balaban J connectivity index is 1.49. The first-order valence-corrected chi connectivity index (χ1v) is 10.8. The number of ether oxygens (including phenoxy) is 4. The molecule has 3 heterocycles. The van der Waals surface area contributed by atoms with Crippen molar-refractivity contribution in [3.8, 4) is 17.2 Å². The van der Waals surface area contributed by atoms with Crippen LogP contribution in [0.15, 0.2) is 48.2 Å². The minimum atomic E-state index is -0.368. The highest BCUT2D eigenvalue weighted by Crippen LogP contribution is 2.37. The number of rotatable bonds is 7. The smallest absolute Gasteiger partial charge is 0.278 e. The van der Waals surface area contributed by atoms with Crippen molar-refractivity contribution in [3.05, 3.63) is 53.7 Å². The van der Waals surface area contributed by atoms with Crippen LogP contribution >= 0.6 is 0 Å². The maximum absolute atomic E-state index is 13.4. The highest BCUT2D eigenvalue weighted by atomic mass is 16.7. The summed E-state index contributed by atoms with van der Waals surface area (Å²) in [5.41, 5.74) is 1.84. The van der Waals surface area contributed by atoms with Crippen molar-refractivity contribution >= 4 is 23.1 Å². The minimum Gasteiger partial charge on any atom is -0.494 e. The zero-order chi connectivity index (χ0) is 22.1. The number of amides is 2. The van der Waals surface area contributed by atoms with Gasteiger partial charge in [-0.3, -0.25) is 14.5 Å². The Morgan fingerprint density at radius 3 is 2.62 bits per heavy atom. The van der Waals surface area contributed by atoms with Crippen LogP contribution in [-0.2, 0) is 14.3 Å². The van der Waals surface area contributed by atoms with E-state index in [0.717, 1.165) is 12.8 Å². The van der Waals surface area contributed by atoms with Crippen LogP contribution in [0.2, 0.25) is 0 Å². The van der Waals surface area contributed by atoms with Gasteiger partial charge in [0.05, 0.1) is 24.8 Å². The maximum Gasteiger partial charge on any atom is 0.278 e. The van der Waals surface area contributed by atoms with E-state index in [0.29, 0.717) is 47.3 Å². The first-order chi connectivity index (χ1) is 15.6. The van der Waals surface area contributed by atoms with Crippen molar-refractivity contribution in [1.82, 2.24) is 4.90 Å². The van der Waals surface area contributed by atoms with Crippen LogP contribution in [0.1, 0.15) is 25.3 Å². The van der Waals surface area contributed by atoms with Crippen LogP contribution < -0.4 is 19.5 Å². The predicted molar refractivity (Wildman–Crippen MR) is 116 cm³/mol. The molecule has 0 saturated carbocycles. The Bertz CT molecular complexity index is 1070. The van der Waals surface area contributed by atoms with Crippen molar-refractivity contribution < 1.29 is 28.5 Å². The molecule has 0 radical (unpaired) electrons. The molecule has 8 heteroatoms. The molecule has 1 N–H and O–H groups in total. The lowest BCUT2D eigenvalue weighted by Crippen LogP contribution is -2.38. The van der Waals surface area contributed by atoms with Crippen molar-refractivity contribution in [1.29, 1.82) is 0 Å². The maximum atomic E-state index is 13.4. The molecular formula is C24H24N2O6. The van der Waals surface area contributed by atoms with E-state index in [1.807, 2.05) is 6.92 Å². The Labute approximate surface area is 185 Å². The molecular weight excluding hydrogens is 412 g/mol. The molecule has 8 nitrogen and oxygen atoms in total. The molecule has 5 rings (SSSR count). The molecule has 0 aliphatic carbocycles. The topological polar surface area (TPSA) is 86.3 Å². The number of nitrogens with zero attached hydrogens (tertiary/aromatic N) is 1. The SMILES string of the molecule is CCOc1ccc(C2=C(Nc3ccc4c(c3)OCO4)C(=O)N(CC3CCCO3)C2=O)cc1. The van der Waals surface area contributed by atoms with Gasteiger partial charge in [-0.05, 0) is 49.6 Å². The summed E-state index contributed by atoms with van der Waals surface area (Å²) in [6, 6.07) is 12.5. The lowest BCUT2D eigenvalue weighted by Gasteiger charge is -2.19. The molecule has 3 aliphatic heterocycles. The Morgan fingerprint density at radius 1 is 1.06 bits per heavy atom. The van der Waals surface area contributed by atoms with Crippen LogP contribution in [0.3, 0.4) is 0 Å². The summed E-state index contributed by atoms with van der Waals surface area (Å²) in [5.74, 6) is 1.23. The van der Waals surface area contributed by atoms with E-state index in [9.17, 15) is 9.59 Å². The van der Waals surface area contributed by atoms with E-state index in [-0.39, 0.29) is 37.0 Å². The highest BCUT2D eigenvalue weighted by Gasteiger charge is 2.40. The number of benzene rings is 2. The van der Waals surface area contributed by atoms with Crippen LogP contribution in [0.5, 0.6) is 17.2 Å². The van der Waals surface area contributed by atoms with E-state index in [4.69, 9.17) is 18.9 Å². The van der Waals surface area contributed by atoms with Crippen LogP contribution in [0, 0.1) is 0 Å². The molecule has 2 aromatic carbocycles. The van der Waals surface area contributed by atoms with Crippen molar-refractivity contribution in [2.45, 2.75) is 25.9 Å². The predicted octanol–water partition coefficient (Wildman–Crippen LogP) is 3.19. The summed E-state index contributed by atoms with van der Waals surface area (Å²) in [5, 5.41) is 3.15. The van der Waals surface area contributed by atoms with Gasteiger partial charge in [-0.1, -0.05) is 12.1 Å². The van der Waals surface area contributed by atoms with E-state index >= 15 is 0 Å². The lowest BCUT2D eigenvalue weighted by atomic mass is 10.0. The highest BCUT2D eigenvalue weighted by molar-refractivity contribution is 6.36. The van der Waals surface area contributed by atoms with Gasteiger partial charge in [-0.25, -0.2) is 0 Å². The average Bonchev–Trinajstić information content (AvgIpc) is 3.53. The molecule has 3 aliphatic rings. The Hall–Kier alpha value is -3.52. The van der Waals surface area contributed by atoms with Gasteiger partial charge in [0.2, 0.25) is 6.79 Å². The molecule has 0 aromatic heterocycles. The molecule has 0 spiro atoms. The summed E-state index contributed by atoms with van der Waals surface area (Å²) < 4.78 is 22.0. The molecule has 1 fully saturated rings. The first kappa shape index (κ1) is 20.4. The zero-order valence-electron chi connectivity index (χ0n) is 17.8. The van der Waals surface area contributed by atoms with Gasteiger partial charge in [0, 0.05) is 18.4 Å². The molecule has 166 valence electrons. The van der Waals surface area contributed by atoms with Crippen LogP contribution in [-0.4, -0.2) is 49.4 Å². The number of carbonyl (C=O) groups excluding carboxylic acids is 2. The summed E-state index contributed by atoms with van der Waals surface area (Å²) >= 11 is 0. The molecule has 1 atom stereocenters. The number of imide groups is 1. The van der Waals surface area contributed by atoms with Gasteiger partial charge in [0.25, 0.3) is 11.8 Å². The second kappa shape index (κ2) is 8.55. The summed E-state index contributed by atoms with van der Waals surface area (Å²) in [4.78, 5) is 28.0. The standard InChI is InChI=1S/C24H24N2O6/c1-2-29-17-8-5-15(6-9-17)21-22(25-16-7-10-19-20(12-16)32-14-31-19)24(28)26(23(21)27)13-18-4-3-11-30-18/h5-10,12,18,25H,2-4,11,13-14H2,1H3. The third kappa shape index (κ3) is 3.78.